The first kappa shape index (κ1) is 24.0. The van der Waals surface area contributed by atoms with Gasteiger partial charge in [-0.3, -0.25) is 14.3 Å². The number of aromatic amines is 1. The molecule has 4 rings (SSSR count). The summed E-state index contributed by atoms with van der Waals surface area (Å²) in [5.41, 5.74) is 0.944. The minimum atomic E-state index is -0.688. The van der Waals surface area contributed by atoms with Crippen LogP contribution in [0.5, 0.6) is 0 Å². The lowest BCUT2D eigenvalue weighted by atomic mass is 10.2. The first-order valence-electron chi connectivity index (χ1n) is 10.7. The Balaban J connectivity index is 1.62. The maximum absolute atomic E-state index is 12.6. The Morgan fingerprint density at radius 2 is 1.49 bits per heavy atom. The van der Waals surface area contributed by atoms with E-state index < -0.39 is 17.2 Å². The van der Waals surface area contributed by atoms with Crippen LogP contribution in [0.2, 0.25) is 0 Å². The molecule has 0 aliphatic carbocycles. The molecule has 9 heteroatoms. The normalized spacial score (nSPS) is 14.5. The highest BCUT2D eigenvalue weighted by atomic mass is 79.9. The van der Waals surface area contributed by atoms with Crippen molar-refractivity contribution in [2.45, 2.75) is 19.8 Å². The van der Waals surface area contributed by atoms with Gasteiger partial charge >= 0.3 is 11.7 Å². The highest BCUT2D eigenvalue weighted by Gasteiger charge is 2.34. The minimum Gasteiger partial charge on any atom is -0.481 e. The van der Waals surface area contributed by atoms with Crippen molar-refractivity contribution in [1.29, 1.82) is 0 Å². The molecule has 35 heavy (non-hydrogen) atoms. The van der Waals surface area contributed by atoms with Crippen molar-refractivity contribution < 1.29 is 19.0 Å². The molecule has 0 amide bonds. The van der Waals surface area contributed by atoms with Crippen LogP contribution in [0.25, 0.3) is 6.08 Å². The van der Waals surface area contributed by atoms with Crippen molar-refractivity contribution in [3.8, 4) is 0 Å². The predicted octanol–water partition coefficient (Wildman–Crippen LogP) is 3.99. The number of benzene rings is 2. The molecule has 0 saturated carbocycles. The van der Waals surface area contributed by atoms with Gasteiger partial charge in [0, 0.05) is 12.7 Å². The van der Waals surface area contributed by atoms with Gasteiger partial charge in [0.15, 0.2) is 5.76 Å². The molecule has 0 unspecified atom stereocenters. The fourth-order valence-corrected chi connectivity index (χ4v) is 3.57. The van der Waals surface area contributed by atoms with E-state index in [1.165, 1.54) is 27.9 Å². The average molecular weight is 537 g/mol. The fourth-order valence-electron chi connectivity index (χ4n) is 3.28. The third kappa shape index (κ3) is 6.07. The summed E-state index contributed by atoms with van der Waals surface area (Å²) in [6.45, 7) is 0.352. The van der Waals surface area contributed by atoms with Crippen LogP contribution in [0, 0.1) is 0 Å². The number of allylic oxidation sites excluding steroid dienone is 1. The number of esters is 1. The van der Waals surface area contributed by atoms with Crippen molar-refractivity contribution in [1.82, 2.24) is 9.55 Å². The molecular weight excluding hydrogens is 516 g/mol. The number of ether oxygens (including phenoxy) is 3. The zero-order valence-corrected chi connectivity index (χ0v) is 20.1. The third-order valence-corrected chi connectivity index (χ3v) is 5.29. The Morgan fingerprint density at radius 1 is 0.886 bits per heavy atom. The maximum atomic E-state index is 12.6. The first-order chi connectivity index (χ1) is 17.0. The van der Waals surface area contributed by atoms with Crippen molar-refractivity contribution in [2.75, 3.05) is 0 Å². The molecule has 2 heterocycles. The van der Waals surface area contributed by atoms with Crippen LogP contribution in [-0.2, 0) is 38.8 Å². The molecule has 3 aromatic rings. The Bertz CT molecular complexity index is 1410. The van der Waals surface area contributed by atoms with Crippen LogP contribution >= 0.6 is 15.9 Å². The lowest BCUT2D eigenvalue weighted by molar-refractivity contribution is -0.136. The SMILES string of the molecule is O=C1O/C(=C\Cn2cc(/C=C/Br)c(=O)[nH]c2=O)C(OCc2ccccc2)=C1OCc1ccccc1. The van der Waals surface area contributed by atoms with Crippen LogP contribution in [0.3, 0.4) is 0 Å². The van der Waals surface area contributed by atoms with Gasteiger partial charge in [-0.25, -0.2) is 9.59 Å². The fraction of sp³-hybridized carbons (Fsp3) is 0.115. The van der Waals surface area contributed by atoms with Crippen LogP contribution < -0.4 is 11.2 Å². The quantitative estimate of drug-likeness (QED) is 0.415. The molecule has 0 fully saturated rings. The maximum Gasteiger partial charge on any atom is 0.383 e. The summed E-state index contributed by atoms with van der Waals surface area (Å²) in [5, 5.41) is 0. The number of rotatable bonds is 9. The Hall–Kier alpha value is -4.11. The largest absolute Gasteiger partial charge is 0.481 e. The van der Waals surface area contributed by atoms with Crippen LogP contribution in [0.4, 0.5) is 0 Å². The van der Waals surface area contributed by atoms with Gasteiger partial charge in [0.05, 0.1) is 5.56 Å². The summed E-state index contributed by atoms with van der Waals surface area (Å²) in [7, 11) is 0. The minimum absolute atomic E-state index is 0.0194. The van der Waals surface area contributed by atoms with Crippen molar-refractivity contribution in [2.24, 2.45) is 0 Å². The summed E-state index contributed by atoms with van der Waals surface area (Å²) in [5.74, 6) is -0.461. The number of H-pyrrole nitrogens is 1. The third-order valence-electron chi connectivity index (χ3n) is 5.02. The lowest BCUT2D eigenvalue weighted by Crippen LogP contribution is -2.30. The van der Waals surface area contributed by atoms with Gasteiger partial charge in [0.2, 0.25) is 5.76 Å². The van der Waals surface area contributed by atoms with Gasteiger partial charge in [0.1, 0.15) is 13.2 Å². The summed E-state index contributed by atoms with van der Waals surface area (Å²) >= 11 is 3.12. The molecule has 1 aromatic heterocycles. The monoisotopic (exact) mass is 536 g/mol. The van der Waals surface area contributed by atoms with Crippen LogP contribution in [0.1, 0.15) is 16.7 Å². The number of aromatic nitrogens is 2. The Morgan fingerprint density at radius 3 is 2.09 bits per heavy atom. The highest BCUT2D eigenvalue weighted by molar-refractivity contribution is 9.11. The lowest BCUT2D eigenvalue weighted by Gasteiger charge is -2.10. The number of hydrogen-bond acceptors (Lipinski definition) is 6. The Labute approximate surface area is 208 Å². The molecule has 2 aromatic carbocycles. The number of nitrogens with zero attached hydrogens (tertiary/aromatic N) is 1. The van der Waals surface area contributed by atoms with E-state index in [0.29, 0.717) is 0 Å². The standard InChI is InChI=1S/C26H21BrN2O6/c27-13-11-20-15-29(26(32)28-24(20)30)14-12-21-22(33-16-18-7-3-1-4-8-18)23(25(31)35-21)34-17-19-9-5-2-6-10-19/h1-13,15H,14,16-17H2,(H,28,30,32)/b13-11+,21-12-. The molecule has 178 valence electrons. The average Bonchev–Trinajstić information content (AvgIpc) is 3.17. The second-order valence-corrected chi connectivity index (χ2v) is 7.98. The van der Waals surface area contributed by atoms with Gasteiger partial charge < -0.3 is 14.2 Å². The summed E-state index contributed by atoms with van der Waals surface area (Å²) < 4.78 is 18.4. The van der Waals surface area contributed by atoms with Crippen molar-refractivity contribution in [3.05, 3.63) is 133 Å². The molecule has 0 bridgehead atoms. The zero-order valence-electron chi connectivity index (χ0n) is 18.5. The van der Waals surface area contributed by atoms with E-state index in [1.54, 1.807) is 0 Å². The number of halogens is 1. The molecule has 0 spiro atoms. The second kappa shape index (κ2) is 11.3. The van der Waals surface area contributed by atoms with Crippen molar-refractivity contribution in [3.63, 3.8) is 0 Å². The van der Waals surface area contributed by atoms with Gasteiger partial charge in [-0.05, 0) is 28.3 Å². The number of carbonyl (C=O) groups is 1. The van der Waals surface area contributed by atoms with Gasteiger partial charge in [-0.15, -0.1) is 0 Å². The van der Waals surface area contributed by atoms with E-state index >= 15 is 0 Å². The zero-order chi connectivity index (χ0) is 24.6. The Kier molecular flexibility index (Phi) is 7.79. The van der Waals surface area contributed by atoms with E-state index in [9.17, 15) is 14.4 Å². The predicted molar refractivity (Wildman–Crippen MR) is 133 cm³/mol. The van der Waals surface area contributed by atoms with E-state index in [1.807, 2.05) is 60.7 Å². The van der Waals surface area contributed by atoms with Crippen LogP contribution in [0.15, 0.2) is 105 Å². The van der Waals surface area contributed by atoms with E-state index in [2.05, 4.69) is 20.9 Å². The molecule has 1 aliphatic heterocycles. The summed E-state index contributed by atoms with van der Waals surface area (Å²) in [6, 6.07) is 18.8. The van der Waals surface area contributed by atoms with Gasteiger partial charge in [-0.1, -0.05) is 76.6 Å². The number of hydrogen-bond donors (Lipinski definition) is 1. The first-order valence-corrected chi connectivity index (χ1v) is 11.6. The van der Waals surface area contributed by atoms with E-state index in [-0.39, 0.29) is 42.6 Å². The topological polar surface area (TPSA) is 99.6 Å². The molecule has 0 atom stereocenters. The smallest absolute Gasteiger partial charge is 0.383 e. The second-order valence-electron chi connectivity index (χ2n) is 7.45. The number of carbonyl (C=O) groups excluding carboxylic acids is 1. The van der Waals surface area contributed by atoms with Gasteiger partial charge in [-0.2, -0.15) is 0 Å². The summed E-state index contributed by atoms with van der Waals surface area (Å²) in [4.78, 5) is 40.6. The molecule has 0 radical (unpaired) electrons. The van der Waals surface area contributed by atoms with E-state index in [0.717, 1.165) is 11.1 Å². The van der Waals surface area contributed by atoms with Crippen LogP contribution in [-0.4, -0.2) is 15.5 Å². The number of cyclic esters (lactones) is 1. The molecule has 1 aliphatic rings. The molecule has 0 saturated heterocycles. The molecule has 1 N–H and O–H groups in total. The molecular formula is C26H21BrN2O6. The highest BCUT2D eigenvalue weighted by Crippen LogP contribution is 2.30. The summed E-state index contributed by atoms with van der Waals surface area (Å²) in [6.07, 6.45) is 4.45. The van der Waals surface area contributed by atoms with Crippen molar-refractivity contribution >= 4 is 28.0 Å². The van der Waals surface area contributed by atoms with Gasteiger partial charge in [0.25, 0.3) is 11.3 Å². The van der Waals surface area contributed by atoms with E-state index in [4.69, 9.17) is 14.2 Å². The molecule has 8 nitrogen and oxygen atoms in total. The number of nitrogens with one attached hydrogen (secondary N) is 1.